The van der Waals surface area contributed by atoms with Crippen molar-refractivity contribution in [3.63, 3.8) is 0 Å². The topological polar surface area (TPSA) is 35.5 Å². The number of hydrogen-bond acceptors (Lipinski definition) is 3. The molecular formula is C17H34O3Si. The van der Waals surface area contributed by atoms with Gasteiger partial charge in [0.15, 0.2) is 8.32 Å². The van der Waals surface area contributed by atoms with E-state index in [1.54, 1.807) is 0 Å². The summed E-state index contributed by atoms with van der Waals surface area (Å²) in [5.74, 6) is -0.142. The van der Waals surface area contributed by atoms with Crippen LogP contribution in [0.5, 0.6) is 0 Å². The molecule has 0 aromatic rings. The predicted molar refractivity (Wildman–Crippen MR) is 92.0 cm³/mol. The van der Waals surface area contributed by atoms with Crippen molar-refractivity contribution in [1.29, 1.82) is 0 Å². The molecule has 0 bridgehead atoms. The van der Waals surface area contributed by atoms with Crippen LogP contribution in [0.25, 0.3) is 0 Å². The van der Waals surface area contributed by atoms with Gasteiger partial charge in [-0.25, -0.2) is 0 Å². The van der Waals surface area contributed by atoms with Gasteiger partial charge >= 0.3 is 5.97 Å². The summed E-state index contributed by atoms with van der Waals surface area (Å²) in [5, 5.41) is 0.226. The van der Waals surface area contributed by atoms with Gasteiger partial charge in [-0.05, 0) is 52.2 Å². The van der Waals surface area contributed by atoms with Crippen LogP contribution in [-0.4, -0.2) is 26.5 Å². The SMILES string of the molecule is C/C(=C\CCC(=O)OC(C)(C)C)CO[Si](C)(C)C(C)(C)C. The lowest BCUT2D eigenvalue weighted by Gasteiger charge is -2.36. The second-order valence-electron chi connectivity index (χ2n) is 8.22. The molecule has 0 fully saturated rings. The molecule has 0 rings (SSSR count). The normalized spacial score (nSPS) is 14.2. The van der Waals surface area contributed by atoms with Gasteiger partial charge in [0.1, 0.15) is 5.60 Å². The Bertz CT molecular complexity index is 370. The van der Waals surface area contributed by atoms with Gasteiger partial charge < -0.3 is 9.16 Å². The Morgan fingerprint density at radius 1 is 1.10 bits per heavy atom. The summed E-state index contributed by atoms with van der Waals surface area (Å²) in [7, 11) is -1.69. The van der Waals surface area contributed by atoms with Gasteiger partial charge in [0.2, 0.25) is 0 Å². The standard InChI is InChI=1S/C17H34O3Si/c1-14(13-19-21(8,9)17(5,6)7)11-10-12-15(18)20-16(2,3)4/h11H,10,12-13H2,1-9H3/b14-11+. The first kappa shape index (κ1) is 20.4. The lowest BCUT2D eigenvalue weighted by Crippen LogP contribution is -2.41. The van der Waals surface area contributed by atoms with Crippen LogP contribution >= 0.6 is 0 Å². The highest BCUT2D eigenvalue weighted by molar-refractivity contribution is 6.74. The van der Waals surface area contributed by atoms with Gasteiger partial charge in [-0.2, -0.15) is 0 Å². The van der Waals surface area contributed by atoms with Crippen LogP contribution in [-0.2, 0) is 14.0 Å². The van der Waals surface area contributed by atoms with E-state index in [0.717, 1.165) is 0 Å². The predicted octanol–water partition coefficient (Wildman–Crippen LogP) is 5.08. The molecule has 124 valence electrons. The molecule has 21 heavy (non-hydrogen) atoms. The summed E-state index contributed by atoms with van der Waals surface area (Å²) in [6.45, 7) is 19.6. The van der Waals surface area contributed by atoms with Crippen molar-refractivity contribution in [2.24, 2.45) is 0 Å². The first-order valence-electron chi connectivity index (χ1n) is 7.76. The van der Waals surface area contributed by atoms with Gasteiger partial charge in [0.25, 0.3) is 0 Å². The average molecular weight is 315 g/mol. The van der Waals surface area contributed by atoms with Crippen molar-refractivity contribution in [2.45, 2.75) is 85.0 Å². The Kier molecular flexibility index (Phi) is 7.37. The van der Waals surface area contributed by atoms with Crippen LogP contribution in [0.1, 0.15) is 61.3 Å². The molecule has 0 saturated heterocycles. The number of carbonyl (C=O) groups excluding carboxylic acids is 1. The highest BCUT2D eigenvalue weighted by Crippen LogP contribution is 2.36. The fourth-order valence-corrected chi connectivity index (χ4v) is 2.42. The number of ether oxygens (including phenoxy) is 1. The lowest BCUT2D eigenvalue weighted by atomic mass is 10.2. The molecule has 0 aromatic carbocycles. The maximum Gasteiger partial charge on any atom is 0.306 e. The molecule has 0 aliphatic carbocycles. The molecule has 0 unspecified atom stereocenters. The molecular weight excluding hydrogens is 280 g/mol. The molecule has 0 aliphatic rings. The van der Waals surface area contributed by atoms with Crippen molar-refractivity contribution < 1.29 is 14.0 Å². The number of rotatable bonds is 6. The van der Waals surface area contributed by atoms with Crippen molar-refractivity contribution in [1.82, 2.24) is 0 Å². The zero-order valence-corrected chi connectivity index (χ0v) is 16.4. The minimum absolute atomic E-state index is 0.142. The number of allylic oxidation sites excluding steroid dienone is 1. The van der Waals surface area contributed by atoms with Crippen molar-refractivity contribution >= 4 is 14.3 Å². The minimum Gasteiger partial charge on any atom is -0.460 e. The average Bonchev–Trinajstić information content (AvgIpc) is 2.22. The first-order chi connectivity index (χ1) is 9.24. The Labute approximate surface area is 132 Å². The van der Waals surface area contributed by atoms with E-state index in [0.29, 0.717) is 19.4 Å². The van der Waals surface area contributed by atoms with E-state index >= 15 is 0 Å². The van der Waals surface area contributed by atoms with Gasteiger partial charge in [0.05, 0.1) is 6.61 Å². The molecule has 0 amide bonds. The molecule has 4 heteroatoms. The molecule has 3 nitrogen and oxygen atoms in total. The third-order valence-electron chi connectivity index (χ3n) is 3.73. The maximum atomic E-state index is 11.6. The third kappa shape index (κ3) is 9.09. The highest BCUT2D eigenvalue weighted by Gasteiger charge is 2.36. The minimum atomic E-state index is -1.69. The smallest absolute Gasteiger partial charge is 0.306 e. The zero-order chi connectivity index (χ0) is 16.9. The summed E-state index contributed by atoms with van der Waals surface area (Å²) in [4.78, 5) is 11.6. The van der Waals surface area contributed by atoms with Gasteiger partial charge in [-0.3, -0.25) is 4.79 Å². The number of esters is 1. The van der Waals surface area contributed by atoms with E-state index in [9.17, 15) is 4.79 Å². The van der Waals surface area contributed by atoms with E-state index in [1.807, 2.05) is 20.8 Å². The summed E-state index contributed by atoms with van der Waals surface area (Å²) >= 11 is 0. The maximum absolute atomic E-state index is 11.6. The number of hydrogen-bond donors (Lipinski definition) is 0. The van der Waals surface area contributed by atoms with Gasteiger partial charge in [0, 0.05) is 6.42 Å². The summed E-state index contributed by atoms with van der Waals surface area (Å²) in [5.41, 5.74) is 0.782. The second-order valence-corrected chi connectivity index (χ2v) is 13.0. The van der Waals surface area contributed by atoms with Crippen LogP contribution in [0.2, 0.25) is 18.1 Å². The molecule has 0 N–H and O–H groups in total. The van der Waals surface area contributed by atoms with Gasteiger partial charge in [-0.15, -0.1) is 0 Å². The lowest BCUT2D eigenvalue weighted by molar-refractivity contribution is -0.154. The fraction of sp³-hybridized carbons (Fsp3) is 0.824. The molecule has 0 spiro atoms. The Morgan fingerprint density at radius 2 is 1.62 bits per heavy atom. The largest absolute Gasteiger partial charge is 0.460 e. The van der Waals surface area contributed by atoms with Crippen LogP contribution in [0.15, 0.2) is 11.6 Å². The van der Waals surface area contributed by atoms with E-state index in [2.05, 4.69) is 46.9 Å². The monoisotopic (exact) mass is 314 g/mol. The quantitative estimate of drug-likeness (QED) is 0.390. The summed E-state index contributed by atoms with van der Waals surface area (Å²) in [6, 6.07) is 0. The van der Waals surface area contributed by atoms with E-state index < -0.39 is 13.9 Å². The van der Waals surface area contributed by atoms with Crippen LogP contribution in [0.4, 0.5) is 0 Å². The Hall–Kier alpha value is -0.613. The molecule has 0 radical (unpaired) electrons. The number of carbonyl (C=O) groups is 1. The summed E-state index contributed by atoms with van der Waals surface area (Å²) < 4.78 is 11.4. The van der Waals surface area contributed by atoms with E-state index in [4.69, 9.17) is 9.16 Å². The Morgan fingerprint density at radius 3 is 2.05 bits per heavy atom. The fourth-order valence-electron chi connectivity index (χ4n) is 1.40. The summed E-state index contributed by atoms with van der Waals surface area (Å²) in [6.07, 6.45) is 3.22. The second kappa shape index (κ2) is 7.59. The highest BCUT2D eigenvalue weighted by atomic mass is 28.4. The van der Waals surface area contributed by atoms with Crippen molar-refractivity contribution in [3.05, 3.63) is 11.6 Å². The van der Waals surface area contributed by atoms with Crippen molar-refractivity contribution in [2.75, 3.05) is 6.61 Å². The third-order valence-corrected chi connectivity index (χ3v) is 8.21. The first-order valence-corrected chi connectivity index (χ1v) is 10.7. The van der Waals surface area contributed by atoms with Crippen LogP contribution in [0, 0.1) is 0 Å². The van der Waals surface area contributed by atoms with Crippen molar-refractivity contribution in [3.8, 4) is 0 Å². The molecule has 0 aromatic heterocycles. The van der Waals surface area contributed by atoms with Gasteiger partial charge in [-0.1, -0.05) is 32.4 Å². The zero-order valence-electron chi connectivity index (χ0n) is 15.4. The Balaban J connectivity index is 4.20. The van der Waals surface area contributed by atoms with Crippen LogP contribution < -0.4 is 0 Å². The molecule has 0 aliphatic heterocycles. The van der Waals surface area contributed by atoms with E-state index in [-0.39, 0.29) is 11.0 Å². The van der Waals surface area contributed by atoms with E-state index in [1.165, 1.54) is 5.57 Å². The van der Waals surface area contributed by atoms with Crippen LogP contribution in [0.3, 0.4) is 0 Å². The molecule has 0 atom stereocenters. The molecule has 0 saturated carbocycles. The molecule has 0 heterocycles.